The number of ether oxygens (including phenoxy) is 1. The molecule has 16 heteroatoms. The number of halogens is 12. The number of nitrogens with one attached hydrogen (secondary N) is 1. The number of amides is 1. The molecule has 31 heavy (non-hydrogen) atoms. The Morgan fingerprint density at radius 2 is 1.32 bits per heavy atom. The van der Waals surface area contributed by atoms with Crippen molar-refractivity contribution in [2.75, 3.05) is 0 Å². The van der Waals surface area contributed by atoms with Gasteiger partial charge in [0.25, 0.3) is 5.91 Å². The highest BCUT2D eigenvalue weighted by Gasteiger charge is 2.90. The van der Waals surface area contributed by atoms with E-state index in [9.17, 15) is 57.5 Å². The van der Waals surface area contributed by atoms with E-state index in [0.29, 0.717) is 0 Å². The number of carbonyl (C=O) groups is 1. The van der Waals surface area contributed by atoms with Crippen molar-refractivity contribution in [3.8, 4) is 0 Å². The lowest BCUT2D eigenvalue weighted by atomic mass is 10.1. The summed E-state index contributed by atoms with van der Waals surface area (Å²) in [7, 11) is 0. The molecule has 1 aliphatic rings. The second-order valence-corrected chi connectivity index (χ2v) is 6.28. The average Bonchev–Trinajstić information content (AvgIpc) is 2.58. The molecule has 0 aromatic heterocycles. The maximum atomic E-state index is 14.8. The fraction of sp³-hybridized carbons (Fsp3) is 0.533. The molecule has 1 aromatic rings. The lowest BCUT2D eigenvalue weighted by Gasteiger charge is -2.51. The highest BCUT2D eigenvalue weighted by atomic mass is 19.4. The zero-order valence-corrected chi connectivity index (χ0v) is 14.8. The molecule has 4 nitrogen and oxygen atoms in total. The Hall–Kier alpha value is -2.23. The number of carbonyl (C=O) groups excluding carboxylic acids is 1. The zero-order valence-electron chi connectivity index (χ0n) is 14.8. The number of alkyl halides is 12. The van der Waals surface area contributed by atoms with E-state index in [-0.39, 0.29) is 5.56 Å². The Bertz CT molecular complexity index is 803. The van der Waals surface area contributed by atoms with Gasteiger partial charge in [-0.3, -0.25) is 4.79 Å². The van der Waals surface area contributed by atoms with E-state index in [2.05, 4.69) is 0 Å². The predicted molar refractivity (Wildman–Crippen MR) is 75.6 cm³/mol. The van der Waals surface area contributed by atoms with Crippen molar-refractivity contribution in [3.63, 3.8) is 0 Å². The van der Waals surface area contributed by atoms with Gasteiger partial charge in [-0.1, -0.05) is 30.3 Å². The fourth-order valence-electron chi connectivity index (χ4n) is 2.58. The van der Waals surface area contributed by atoms with Gasteiger partial charge >= 0.3 is 36.3 Å². The van der Waals surface area contributed by atoms with Crippen molar-refractivity contribution < 1.29 is 62.2 Å². The topological polar surface area (TPSA) is 41.6 Å². The molecular weight excluding hydrogens is 468 g/mol. The molecule has 1 amide bonds. The molecule has 0 bridgehead atoms. The molecule has 1 fully saturated rings. The SMILES string of the molecule is C[C@@H](NC(=O)[C@@](F)(N1C(F)(F)C(F)(F)OC(F)(F)C1(F)F)C(F)(F)F)c1ccccc1. The number of hydrogen-bond acceptors (Lipinski definition) is 3. The smallest absolute Gasteiger partial charge is 0.345 e. The minimum absolute atomic E-state index is 0.100. The fourth-order valence-corrected chi connectivity index (χ4v) is 2.58. The van der Waals surface area contributed by atoms with Gasteiger partial charge in [0.2, 0.25) is 0 Å². The van der Waals surface area contributed by atoms with Gasteiger partial charge in [-0.2, -0.15) is 48.3 Å². The summed E-state index contributed by atoms with van der Waals surface area (Å²) in [4.78, 5) is 8.44. The van der Waals surface area contributed by atoms with E-state index in [0.717, 1.165) is 24.4 Å². The second-order valence-electron chi connectivity index (χ2n) is 6.28. The zero-order chi connectivity index (χ0) is 24.3. The van der Waals surface area contributed by atoms with Crippen LogP contribution in [0.25, 0.3) is 0 Å². The summed E-state index contributed by atoms with van der Waals surface area (Å²) in [6.07, 6.45) is -20.6. The van der Waals surface area contributed by atoms with E-state index in [1.807, 2.05) is 4.74 Å². The Morgan fingerprint density at radius 1 is 0.903 bits per heavy atom. The molecule has 0 unspecified atom stereocenters. The van der Waals surface area contributed by atoms with Gasteiger partial charge < -0.3 is 5.32 Å². The van der Waals surface area contributed by atoms with Gasteiger partial charge in [-0.05, 0) is 12.5 Å². The van der Waals surface area contributed by atoms with Crippen molar-refractivity contribution in [1.82, 2.24) is 10.2 Å². The van der Waals surface area contributed by atoms with Crippen molar-refractivity contribution >= 4 is 5.91 Å². The quantitative estimate of drug-likeness (QED) is 0.500. The van der Waals surface area contributed by atoms with Crippen LogP contribution in [0.2, 0.25) is 0 Å². The van der Waals surface area contributed by atoms with Gasteiger partial charge in [0, 0.05) is 0 Å². The van der Waals surface area contributed by atoms with Crippen LogP contribution < -0.4 is 5.32 Å². The first-order valence-corrected chi connectivity index (χ1v) is 7.87. The molecule has 1 heterocycles. The summed E-state index contributed by atoms with van der Waals surface area (Å²) < 4.78 is 165. The van der Waals surface area contributed by atoms with Crippen molar-refractivity contribution in [2.45, 2.75) is 49.2 Å². The number of morpholine rings is 1. The maximum absolute atomic E-state index is 14.8. The van der Waals surface area contributed by atoms with Crippen LogP contribution in [0.1, 0.15) is 18.5 Å². The molecule has 0 spiro atoms. The normalized spacial score (nSPS) is 25.3. The third kappa shape index (κ3) is 3.68. The van der Waals surface area contributed by atoms with E-state index in [4.69, 9.17) is 0 Å². The second kappa shape index (κ2) is 7.15. The van der Waals surface area contributed by atoms with E-state index >= 15 is 0 Å². The molecule has 1 N–H and O–H groups in total. The summed E-state index contributed by atoms with van der Waals surface area (Å²) in [6, 6.07) is -9.66. The summed E-state index contributed by atoms with van der Waals surface area (Å²) >= 11 is 0. The summed E-state index contributed by atoms with van der Waals surface area (Å²) in [6.45, 7) is 0.850. The molecule has 2 rings (SSSR count). The lowest BCUT2D eigenvalue weighted by molar-refractivity contribution is -0.583. The van der Waals surface area contributed by atoms with Crippen LogP contribution in [0, 0.1) is 0 Å². The predicted octanol–water partition coefficient (Wildman–Crippen LogP) is 4.80. The molecule has 2 atom stereocenters. The van der Waals surface area contributed by atoms with Crippen LogP contribution in [-0.2, 0) is 9.53 Å². The summed E-state index contributed by atoms with van der Waals surface area (Å²) in [5.74, 6) is -10.1. The van der Waals surface area contributed by atoms with E-state index < -0.39 is 53.1 Å². The number of nitrogens with zero attached hydrogens (tertiary/aromatic N) is 1. The summed E-state index contributed by atoms with van der Waals surface area (Å²) in [5, 5.41) is 1.10. The minimum Gasteiger partial charge on any atom is -0.345 e. The van der Waals surface area contributed by atoms with Crippen molar-refractivity contribution in [1.29, 1.82) is 0 Å². The molecule has 0 aliphatic carbocycles. The van der Waals surface area contributed by atoms with Crippen LogP contribution in [0.4, 0.5) is 52.7 Å². The minimum atomic E-state index is -7.12. The monoisotopic (exact) mass is 478 g/mol. The standard InChI is InChI=1S/C15H10F12N2O2/c1-7(8-5-3-2-4-6-8)28-9(30)10(16,11(17,18)19)29-12(20,21)14(24,25)31-15(26,27)13(29,22)23/h2-7H,1H3,(H,28,30)/t7-,10-/m1/s1. The first-order valence-electron chi connectivity index (χ1n) is 7.87. The third-order valence-electron chi connectivity index (χ3n) is 4.15. The van der Waals surface area contributed by atoms with Crippen LogP contribution >= 0.6 is 0 Å². The number of hydrogen-bond donors (Lipinski definition) is 1. The van der Waals surface area contributed by atoms with E-state index in [1.165, 1.54) is 18.2 Å². The Kier molecular flexibility index (Phi) is 5.77. The van der Waals surface area contributed by atoms with Crippen LogP contribution in [0.5, 0.6) is 0 Å². The molecule has 0 radical (unpaired) electrons. The average molecular weight is 478 g/mol. The third-order valence-corrected chi connectivity index (χ3v) is 4.15. The Balaban J connectivity index is 2.66. The Morgan fingerprint density at radius 3 is 1.71 bits per heavy atom. The summed E-state index contributed by atoms with van der Waals surface area (Å²) in [5.41, 5.74) is -0.100. The first-order chi connectivity index (χ1) is 13.7. The van der Waals surface area contributed by atoms with Gasteiger partial charge in [-0.25, -0.2) is 9.13 Å². The molecule has 0 saturated carbocycles. The van der Waals surface area contributed by atoms with Crippen LogP contribution in [0.15, 0.2) is 30.3 Å². The highest BCUT2D eigenvalue weighted by molar-refractivity contribution is 5.86. The molecule has 1 aromatic carbocycles. The largest absolute Gasteiger partial charge is 0.446 e. The molecule has 1 aliphatic heterocycles. The van der Waals surface area contributed by atoms with Gasteiger partial charge in [0.05, 0.1) is 6.04 Å². The van der Waals surface area contributed by atoms with Crippen molar-refractivity contribution in [3.05, 3.63) is 35.9 Å². The number of rotatable bonds is 4. The molecule has 176 valence electrons. The maximum Gasteiger partial charge on any atom is 0.446 e. The van der Waals surface area contributed by atoms with Gasteiger partial charge in [0.1, 0.15) is 0 Å². The Labute approximate surface area is 164 Å². The molecule has 1 saturated heterocycles. The van der Waals surface area contributed by atoms with Crippen LogP contribution in [-0.4, -0.2) is 47.1 Å². The molecular formula is C15H10F12N2O2. The first kappa shape index (κ1) is 25.0. The van der Waals surface area contributed by atoms with Gasteiger partial charge in [-0.15, -0.1) is 4.90 Å². The van der Waals surface area contributed by atoms with Crippen LogP contribution in [0.3, 0.4) is 0 Å². The highest BCUT2D eigenvalue weighted by Crippen LogP contribution is 2.60. The van der Waals surface area contributed by atoms with Crippen molar-refractivity contribution in [2.24, 2.45) is 0 Å². The lowest BCUT2D eigenvalue weighted by Crippen LogP contribution is -2.82. The van der Waals surface area contributed by atoms with Gasteiger partial charge in [0.15, 0.2) is 0 Å². The number of benzene rings is 1. The van der Waals surface area contributed by atoms with E-state index in [1.54, 1.807) is 0 Å².